The van der Waals surface area contributed by atoms with Crippen LogP contribution < -0.4 is 10.6 Å². The first-order valence-electron chi connectivity index (χ1n) is 9.17. The molecule has 0 bridgehead atoms. The van der Waals surface area contributed by atoms with Gasteiger partial charge >= 0.3 is 7.60 Å². The Morgan fingerprint density at radius 3 is 2.36 bits per heavy atom. The summed E-state index contributed by atoms with van der Waals surface area (Å²) in [4.78, 5) is 12.7. The predicted molar refractivity (Wildman–Crippen MR) is 114 cm³/mol. The van der Waals surface area contributed by atoms with Gasteiger partial charge in [-0.3, -0.25) is 9.36 Å². The van der Waals surface area contributed by atoms with Crippen LogP contribution in [-0.4, -0.2) is 31.8 Å². The average Bonchev–Trinajstić information content (AvgIpc) is 2.66. The molecule has 0 aromatic heterocycles. The molecular formula is C20H26ClN2O4P. The van der Waals surface area contributed by atoms with E-state index in [2.05, 4.69) is 10.6 Å². The minimum Gasteiger partial charge on any atom is -0.355 e. The zero-order valence-electron chi connectivity index (χ0n) is 16.3. The SMILES string of the molecule is CCOP(=O)(CCNC(=O)c1ccccc1Nc1cccc(Cl)c1C)OCC. The third-order valence-electron chi connectivity index (χ3n) is 4.03. The number of carbonyl (C=O) groups excluding carboxylic acids is 1. The van der Waals surface area contributed by atoms with Crippen molar-refractivity contribution in [1.82, 2.24) is 5.32 Å². The molecule has 2 N–H and O–H groups in total. The second kappa shape index (κ2) is 10.6. The monoisotopic (exact) mass is 424 g/mol. The summed E-state index contributed by atoms with van der Waals surface area (Å²) in [6, 6.07) is 12.7. The number of rotatable bonds is 10. The van der Waals surface area contributed by atoms with Gasteiger partial charge in [0.15, 0.2) is 0 Å². The highest BCUT2D eigenvalue weighted by atomic mass is 35.5. The minimum atomic E-state index is -3.19. The van der Waals surface area contributed by atoms with Gasteiger partial charge in [0, 0.05) is 17.3 Å². The van der Waals surface area contributed by atoms with Crippen LogP contribution in [0.2, 0.25) is 5.02 Å². The van der Waals surface area contributed by atoms with Crippen LogP contribution in [0.3, 0.4) is 0 Å². The molecule has 2 rings (SSSR count). The largest absolute Gasteiger partial charge is 0.355 e. The average molecular weight is 425 g/mol. The summed E-state index contributed by atoms with van der Waals surface area (Å²) in [6.45, 7) is 6.18. The summed E-state index contributed by atoms with van der Waals surface area (Å²) >= 11 is 6.18. The van der Waals surface area contributed by atoms with Gasteiger partial charge in [-0.2, -0.15) is 0 Å². The number of benzene rings is 2. The summed E-state index contributed by atoms with van der Waals surface area (Å²) < 4.78 is 23.0. The Bertz CT molecular complexity index is 850. The molecule has 0 saturated heterocycles. The Kier molecular flexibility index (Phi) is 8.52. The Morgan fingerprint density at radius 2 is 1.68 bits per heavy atom. The second-order valence-electron chi connectivity index (χ2n) is 6.01. The lowest BCUT2D eigenvalue weighted by atomic mass is 10.1. The van der Waals surface area contributed by atoms with Gasteiger partial charge in [-0.25, -0.2) is 0 Å². The molecule has 0 atom stereocenters. The zero-order chi connectivity index (χ0) is 20.6. The van der Waals surface area contributed by atoms with Crippen LogP contribution in [0, 0.1) is 6.92 Å². The molecule has 0 heterocycles. The molecule has 2 aromatic carbocycles. The molecule has 28 heavy (non-hydrogen) atoms. The Balaban J connectivity index is 2.08. The molecule has 0 fully saturated rings. The van der Waals surface area contributed by atoms with Gasteiger partial charge in [0.2, 0.25) is 0 Å². The van der Waals surface area contributed by atoms with E-state index < -0.39 is 7.60 Å². The highest BCUT2D eigenvalue weighted by Crippen LogP contribution is 2.47. The van der Waals surface area contributed by atoms with E-state index in [1.54, 1.807) is 26.0 Å². The number of hydrogen-bond acceptors (Lipinski definition) is 5. The van der Waals surface area contributed by atoms with E-state index in [-0.39, 0.29) is 31.8 Å². The first-order chi connectivity index (χ1) is 13.4. The van der Waals surface area contributed by atoms with E-state index in [4.69, 9.17) is 20.6 Å². The van der Waals surface area contributed by atoms with Crippen LogP contribution in [0.25, 0.3) is 0 Å². The summed E-state index contributed by atoms with van der Waals surface area (Å²) in [5, 5.41) is 6.69. The quantitative estimate of drug-likeness (QED) is 0.500. The van der Waals surface area contributed by atoms with Crippen molar-refractivity contribution >= 4 is 36.5 Å². The lowest BCUT2D eigenvalue weighted by Crippen LogP contribution is -2.27. The first kappa shape index (κ1) is 22.4. The smallest absolute Gasteiger partial charge is 0.332 e. The fraction of sp³-hybridized carbons (Fsp3) is 0.350. The van der Waals surface area contributed by atoms with Crippen LogP contribution >= 0.6 is 19.2 Å². The summed E-state index contributed by atoms with van der Waals surface area (Å²) in [6.07, 6.45) is 0.115. The van der Waals surface area contributed by atoms with Crippen LogP contribution in [0.1, 0.15) is 29.8 Å². The lowest BCUT2D eigenvalue weighted by molar-refractivity contribution is 0.0956. The van der Waals surface area contributed by atoms with E-state index in [0.717, 1.165) is 11.3 Å². The van der Waals surface area contributed by atoms with Gasteiger partial charge in [0.1, 0.15) is 0 Å². The van der Waals surface area contributed by atoms with Crippen molar-refractivity contribution in [2.24, 2.45) is 0 Å². The van der Waals surface area contributed by atoms with Gasteiger partial charge < -0.3 is 19.7 Å². The third kappa shape index (κ3) is 6.08. The lowest BCUT2D eigenvalue weighted by Gasteiger charge is -2.18. The summed E-state index contributed by atoms with van der Waals surface area (Å²) in [7, 11) is -3.19. The maximum Gasteiger partial charge on any atom is 0.332 e. The van der Waals surface area contributed by atoms with Gasteiger partial charge in [0.25, 0.3) is 5.91 Å². The van der Waals surface area contributed by atoms with Crippen LogP contribution in [0.5, 0.6) is 0 Å². The Labute approximate surface area is 171 Å². The Morgan fingerprint density at radius 1 is 1.04 bits per heavy atom. The van der Waals surface area contributed by atoms with Crippen molar-refractivity contribution in [2.75, 3.05) is 31.2 Å². The van der Waals surface area contributed by atoms with Crippen LogP contribution in [-0.2, 0) is 13.6 Å². The van der Waals surface area contributed by atoms with Gasteiger partial charge in [-0.15, -0.1) is 0 Å². The molecule has 0 aliphatic carbocycles. The second-order valence-corrected chi connectivity index (χ2v) is 8.60. The molecule has 0 radical (unpaired) electrons. The maximum absolute atomic E-state index is 12.7. The molecule has 152 valence electrons. The highest BCUT2D eigenvalue weighted by Gasteiger charge is 2.23. The zero-order valence-corrected chi connectivity index (χ0v) is 18.0. The van der Waals surface area contributed by atoms with Crippen molar-refractivity contribution in [3.8, 4) is 0 Å². The maximum atomic E-state index is 12.7. The number of amides is 1. The standard InChI is InChI=1S/C20H26ClN2O4P/c1-4-26-28(25,27-5-2)14-13-22-20(24)16-9-6-7-11-19(16)23-18-12-8-10-17(21)15(18)3/h6-12,23H,4-5,13-14H2,1-3H3,(H,22,24). The molecule has 0 unspecified atom stereocenters. The number of anilines is 2. The minimum absolute atomic E-state index is 0.115. The Hall–Kier alpha value is -1.85. The van der Waals surface area contributed by atoms with Gasteiger partial charge in [0.05, 0.1) is 30.6 Å². The normalized spacial score (nSPS) is 11.3. The molecular weight excluding hydrogens is 399 g/mol. The van der Waals surface area contributed by atoms with E-state index in [9.17, 15) is 9.36 Å². The summed E-state index contributed by atoms with van der Waals surface area (Å²) in [5.41, 5.74) is 2.85. The van der Waals surface area contributed by atoms with E-state index in [1.807, 2.05) is 37.3 Å². The van der Waals surface area contributed by atoms with E-state index in [1.165, 1.54) is 0 Å². The number of hydrogen-bond donors (Lipinski definition) is 2. The summed E-state index contributed by atoms with van der Waals surface area (Å²) in [5.74, 6) is -0.276. The topological polar surface area (TPSA) is 76.7 Å². The number of para-hydroxylation sites is 1. The van der Waals surface area contributed by atoms with Crippen molar-refractivity contribution < 1.29 is 18.4 Å². The van der Waals surface area contributed by atoms with Crippen molar-refractivity contribution in [2.45, 2.75) is 20.8 Å². The van der Waals surface area contributed by atoms with E-state index in [0.29, 0.717) is 16.3 Å². The molecule has 1 amide bonds. The molecule has 0 aliphatic heterocycles. The number of nitrogens with one attached hydrogen (secondary N) is 2. The van der Waals surface area contributed by atoms with Gasteiger partial charge in [-0.1, -0.05) is 29.8 Å². The predicted octanol–water partition coefficient (Wildman–Crippen LogP) is 5.39. The fourth-order valence-corrected chi connectivity index (χ4v) is 4.32. The highest BCUT2D eigenvalue weighted by molar-refractivity contribution is 7.53. The number of halogens is 1. The van der Waals surface area contributed by atoms with Gasteiger partial charge in [-0.05, 0) is 50.6 Å². The number of carbonyl (C=O) groups is 1. The molecule has 0 aliphatic rings. The van der Waals surface area contributed by atoms with Crippen LogP contribution in [0.15, 0.2) is 42.5 Å². The van der Waals surface area contributed by atoms with Crippen molar-refractivity contribution in [3.63, 3.8) is 0 Å². The molecule has 0 spiro atoms. The molecule has 8 heteroatoms. The fourth-order valence-electron chi connectivity index (χ4n) is 2.64. The molecule has 6 nitrogen and oxygen atoms in total. The molecule has 2 aromatic rings. The van der Waals surface area contributed by atoms with Crippen LogP contribution in [0.4, 0.5) is 11.4 Å². The van der Waals surface area contributed by atoms with E-state index >= 15 is 0 Å². The first-order valence-corrected chi connectivity index (χ1v) is 11.3. The molecule has 0 saturated carbocycles. The third-order valence-corrected chi connectivity index (χ3v) is 6.52. The van der Waals surface area contributed by atoms with Crippen molar-refractivity contribution in [1.29, 1.82) is 0 Å². The van der Waals surface area contributed by atoms with Crippen molar-refractivity contribution in [3.05, 3.63) is 58.6 Å².